The Bertz CT molecular complexity index is 1440. The van der Waals surface area contributed by atoms with Crippen LogP contribution in [-0.2, 0) is 23.9 Å². The second kappa shape index (κ2) is 15.5. The van der Waals surface area contributed by atoms with Gasteiger partial charge in [0.2, 0.25) is 5.91 Å². The first-order chi connectivity index (χ1) is 19.9. The molecule has 2 rings (SSSR count). The molecule has 0 aliphatic heterocycles. The lowest BCUT2D eigenvalue weighted by Gasteiger charge is -2.27. The number of carbonyl (C=O) groups excluding carboxylic acids is 3. The number of nitro groups is 2. The summed E-state index contributed by atoms with van der Waals surface area (Å²) in [5.41, 5.74) is -1.34. The largest absolute Gasteiger partial charge is 0.494 e. The van der Waals surface area contributed by atoms with Crippen molar-refractivity contribution >= 4 is 63.9 Å². The number of nitrogens with zero attached hydrogens (tertiary/aromatic N) is 6. The number of ether oxygens (including phenoxy) is 3. The van der Waals surface area contributed by atoms with Crippen LogP contribution in [0.1, 0.15) is 19.8 Å². The van der Waals surface area contributed by atoms with Gasteiger partial charge in [-0.1, -0.05) is 0 Å². The van der Waals surface area contributed by atoms with E-state index in [1.807, 2.05) is 0 Å². The first-order valence-electron chi connectivity index (χ1n) is 11.8. The molecular weight excluding hydrogens is 578 g/mol. The van der Waals surface area contributed by atoms with Gasteiger partial charge in [-0.15, -0.1) is 10.2 Å². The van der Waals surface area contributed by atoms with Crippen LogP contribution in [0.3, 0.4) is 0 Å². The quantitative estimate of drug-likeness (QED) is 0.0774. The molecule has 1 amide bonds. The summed E-state index contributed by atoms with van der Waals surface area (Å²) >= 11 is 0.403. The number of esters is 2. The molecule has 0 atom stereocenters. The molecule has 0 aromatic heterocycles. The van der Waals surface area contributed by atoms with Crippen LogP contribution in [-0.4, -0.2) is 62.1 Å². The molecule has 0 spiro atoms. The number of azo groups is 1. The molecule has 0 saturated heterocycles. The predicted molar refractivity (Wildman–Crippen MR) is 149 cm³/mol. The standard InChI is InChI=1S/C24H25N7O10S/c1-14(32)26-15-10-19(29(8-6-23(33)40-4)9-7-24(34)41-5)21(39-3)11-16(15)27-28-17-12-22(42-25-2)20(31(37)38)13-18(17)30(35)36/h10-13H,6-9H2,1,3-5H3,(H,26,32). The maximum atomic E-state index is 12.0. The number of hydrogen-bond donors (Lipinski definition) is 1. The van der Waals surface area contributed by atoms with E-state index < -0.39 is 39.1 Å². The lowest BCUT2D eigenvalue weighted by molar-refractivity contribution is -0.395. The summed E-state index contributed by atoms with van der Waals surface area (Å²) < 4.78 is 17.9. The Kier molecular flexibility index (Phi) is 12.1. The summed E-state index contributed by atoms with van der Waals surface area (Å²) in [4.78, 5) is 58.4. The van der Waals surface area contributed by atoms with E-state index >= 15 is 0 Å². The molecule has 2 aromatic carbocycles. The molecule has 0 aliphatic rings. The summed E-state index contributed by atoms with van der Waals surface area (Å²) in [5.74, 6) is -1.35. The van der Waals surface area contributed by atoms with Crippen LogP contribution in [0, 0.1) is 26.8 Å². The Hall–Kier alpha value is -5.31. The number of carbonyl (C=O) groups is 3. The normalized spacial score (nSPS) is 10.5. The number of benzene rings is 2. The highest BCUT2D eigenvalue weighted by Crippen LogP contribution is 2.43. The van der Waals surface area contributed by atoms with E-state index in [0.29, 0.717) is 23.7 Å². The Labute approximate surface area is 243 Å². The zero-order valence-electron chi connectivity index (χ0n) is 22.8. The van der Waals surface area contributed by atoms with E-state index in [4.69, 9.17) is 20.8 Å². The molecule has 0 saturated carbocycles. The van der Waals surface area contributed by atoms with Crippen molar-refractivity contribution in [3.63, 3.8) is 0 Å². The lowest BCUT2D eigenvalue weighted by Crippen LogP contribution is -2.29. The van der Waals surface area contributed by atoms with Gasteiger partial charge < -0.3 is 24.4 Å². The van der Waals surface area contributed by atoms with E-state index in [9.17, 15) is 34.6 Å². The van der Waals surface area contributed by atoms with Crippen LogP contribution in [0.5, 0.6) is 5.75 Å². The Morgan fingerprint density at radius 2 is 1.52 bits per heavy atom. The average Bonchev–Trinajstić information content (AvgIpc) is 2.95. The maximum absolute atomic E-state index is 12.0. The van der Waals surface area contributed by atoms with Crippen LogP contribution in [0.4, 0.5) is 34.1 Å². The second-order valence-electron chi connectivity index (χ2n) is 8.07. The van der Waals surface area contributed by atoms with Crippen LogP contribution in [0.15, 0.2) is 39.4 Å². The topological polar surface area (TPSA) is 210 Å². The van der Waals surface area contributed by atoms with Crippen LogP contribution in [0.25, 0.3) is 4.25 Å². The van der Waals surface area contributed by atoms with Crippen molar-refractivity contribution in [3.05, 3.63) is 55.3 Å². The highest BCUT2D eigenvalue weighted by Gasteiger charge is 2.28. The number of hydrogen-bond acceptors (Lipinski definition) is 14. The molecular formula is C24H25N7O10S. The van der Waals surface area contributed by atoms with Gasteiger partial charge >= 0.3 is 29.6 Å². The van der Waals surface area contributed by atoms with E-state index in [-0.39, 0.29) is 53.6 Å². The van der Waals surface area contributed by atoms with Gasteiger partial charge in [-0.05, 0) is 6.07 Å². The van der Waals surface area contributed by atoms with Gasteiger partial charge in [0, 0.05) is 32.1 Å². The van der Waals surface area contributed by atoms with Crippen LogP contribution in [0.2, 0.25) is 0 Å². The third-order valence-corrected chi connectivity index (χ3v) is 6.05. The predicted octanol–water partition coefficient (Wildman–Crippen LogP) is 4.74. The zero-order chi connectivity index (χ0) is 31.4. The molecule has 0 unspecified atom stereocenters. The molecule has 0 bridgehead atoms. The average molecular weight is 604 g/mol. The lowest BCUT2D eigenvalue weighted by atomic mass is 10.1. The van der Waals surface area contributed by atoms with E-state index in [2.05, 4.69) is 19.8 Å². The fraction of sp³-hybridized carbons (Fsp3) is 0.333. The third-order valence-electron chi connectivity index (χ3n) is 5.43. The van der Waals surface area contributed by atoms with Crippen molar-refractivity contribution in [2.75, 3.05) is 44.6 Å². The molecule has 18 heteroatoms. The SMILES string of the molecule is [C-]#[N+]Sc1cc(N=Nc2cc(OC)c(N(CCC(=O)OC)CCC(=O)OC)cc2NC(C)=O)c([N+](=O)[O-])cc1[N+](=O)[O-]. The summed E-state index contributed by atoms with van der Waals surface area (Å²) in [6.45, 7) is 8.43. The molecule has 1 N–H and O–H groups in total. The van der Waals surface area contributed by atoms with Crippen molar-refractivity contribution < 1.29 is 38.4 Å². The number of anilines is 2. The smallest absolute Gasteiger partial charge is 0.307 e. The van der Waals surface area contributed by atoms with Gasteiger partial charge in [0.1, 0.15) is 11.4 Å². The van der Waals surface area contributed by atoms with Crippen molar-refractivity contribution in [3.8, 4) is 5.75 Å². The highest BCUT2D eigenvalue weighted by molar-refractivity contribution is 8.01. The van der Waals surface area contributed by atoms with Gasteiger partial charge in [0.25, 0.3) is 5.69 Å². The summed E-state index contributed by atoms with van der Waals surface area (Å²) in [6, 6.07) is 4.49. The van der Waals surface area contributed by atoms with Gasteiger partial charge in [0.15, 0.2) is 10.6 Å². The van der Waals surface area contributed by atoms with E-state index in [0.717, 1.165) is 6.07 Å². The number of amides is 1. The van der Waals surface area contributed by atoms with E-state index in [1.165, 1.54) is 40.4 Å². The minimum atomic E-state index is -0.882. The van der Waals surface area contributed by atoms with Crippen molar-refractivity contribution in [1.29, 1.82) is 0 Å². The summed E-state index contributed by atoms with van der Waals surface area (Å²) in [6.07, 6.45) is -0.0982. The van der Waals surface area contributed by atoms with Gasteiger partial charge in [0.05, 0.1) is 61.5 Å². The molecule has 0 aliphatic carbocycles. The number of methoxy groups -OCH3 is 3. The van der Waals surface area contributed by atoms with Gasteiger partial charge in [-0.3, -0.25) is 34.6 Å². The Balaban J connectivity index is 2.69. The fourth-order valence-electron chi connectivity index (χ4n) is 3.50. The molecule has 2 aromatic rings. The molecule has 0 radical (unpaired) electrons. The van der Waals surface area contributed by atoms with Gasteiger partial charge in [-0.25, -0.2) is 10.8 Å². The Morgan fingerprint density at radius 1 is 0.952 bits per heavy atom. The number of rotatable bonds is 14. The first-order valence-corrected chi connectivity index (χ1v) is 12.5. The molecule has 222 valence electrons. The fourth-order valence-corrected chi connectivity index (χ4v) is 3.99. The van der Waals surface area contributed by atoms with E-state index in [1.54, 1.807) is 4.90 Å². The maximum Gasteiger partial charge on any atom is 0.307 e. The van der Waals surface area contributed by atoms with Crippen molar-refractivity contribution in [2.24, 2.45) is 10.2 Å². The summed E-state index contributed by atoms with van der Waals surface area (Å²) in [7, 11) is 3.80. The third kappa shape index (κ3) is 8.85. The van der Waals surface area contributed by atoms with Crippen molar-refractivity contribution in [1.82, 2.24) is 0 Å². The zero-order valence-corrected chi connectivity index (χ0v) is 23.6. The number of nitrogens with one attached hydrogen (secondary N) is 1. The molecule has 0 heterocycles. The number of nitro benzene ring substituents is 2. The monoisotopic (exact) mass is 603 g/mol. The summed E-state index contributed by atoms with van der Waals surface area (Å²) in [5, 5.41) is 33.5. The first kappa shape index (κ1) is 32.9. The minimum absolute atomic E-state index is 0.0151. The molecule has 42 heavy (non-hydrogen) atoms. The van der Waals surface area contributed by atoms with Gasteiger partial charge in [-0.2, -0.15) is 0 Å². The Morgan fingerprint density at radius 3 is 2.00 bits per heavy atom. The highest BCUT2D eigenvalue weighted by atomic mass is 32.2. The van der Waals surface area contributed by atoms with Crippen molar-refractivity contribution in [2.45, 2.75) is 24.7 Å². The second-order valence-corrected chi connectivity index (χ2v) is 8.87. The van der Waals surface area contributed by atoms with Crippen LogP contribution < -0.4 is 15.0 Å². The molecule has 0 fully saturated rings. The minimum Gasteiger partial charge on any atom is -0.494 e. The van der Waals surface area contributed by atoms with Crippen LogP contribution >= 0.6 is 11.9 Å². The molecule has 17 nitrogen and oxygen atoms in total.